The maximum absolute atomic E-state index is 12.7. The zero-order chi connectivity index (χ0) is 17.2. The Balaban J connectivity index is 1.76. The van der Waals surface area contributed by atoms with E-state index in [1.807, 2.05) is 6.07 Å². The average Bonchev–Trinajstić information content (AvgIpc) is 2.55. The highest BCUT2D eigenvalue weighted by Crippen LogP contribution is 2.57. The van der Waals surface area contributed by atoms with Crippen LogP contribution in [0, 0.1) is 10.1 Å². The summed E-state index contributed by atoms with van der Waals surface area (Å²) in [5.41, 5.74) is 0.607. The average molecular weight is 370 g/mol. The standard InChI is InChI=1S/C15H13ClNO6P/c16-14-4-2-1-3-13(14)15-9-10-21-24(20,23-15)22-12-7-5-11(6-8-12)17(18)19/h1-8,15H,9-10H2/t15-,24-/m0/s1. The van der Waals surface area contributed by atoms with Gasteiger partial charge in [-0.25, -0.2) is 4.57 Å². The largest absolute Gasteiger partial charge is 0.530 e. The van der Waals surface area contributed by atoms with E-state index in [0.717, 1.165) is 0 Å². The number of nitrogens with zero attached hydrogens (tertiary/aromatic N) is 1. The molecule has 1 aliphatic heterocycles. The molecular weight excluding hydrogens is 357 g/mol. The monoisotopic (exact) mass is 369 g/mol. The van der Waals surface area contributed by atoms with Gasteiger partial charge in [-0.15, -0.1) is 0 Å². The Hall–Kier alpha value is -1.92. The number of phosphoric ester groups is 1. The van der Waals surface area contributed by atoms with Crippen LogP contribution in [0.25, 0.3) is 0 Å². The minimum atomic E-state index is -3.84. The molecule has 9 heteroatoms. The van der Waals surface area contributed by atoms with Crippen LogP contribution >= 0.6 is 19.4 Å². The predicted molar refractivity (Wildman–Crippen MR) is 87.2 cm³/mol. The second-order valence-electron chi connectivity index (χ2n) is 5.03. The van der Waals surface area contributed by atoms with Gasteiger partial charge in [0.25, 0.3) is 5.69 Å². The summed E-state index contributed by atoms with van der Waals surface area (Å²) in [7, 11) is -3.84. The third kappa shape index (κ3) is 3.76. The Bertz CT molecular complexity index is 797. The maximum atomic E-state index is 12.7. The van der Waals surface area contributed by atoms with Crippen molar-refractivity contribution in [1.82, 2.24) is 0 Å². The number of hydrogen-bond donors (Lipinski definition) is 0. The van der Waals surface area contributed by atoms with Crippen molar-refractivity contribution in [3.63, 3.8) is 0 Å². The fraction of sp³-hybridized carbons (Fsp3) is 0.200. The molecule has 1 saturated heterocycles. The van der Waals surface area contributed by atoms with Gasteiger partial charge in [-0.05, 0) is 18.2 Å². The van der Waals surface area contributed by atoms with Gasteiger partial charge < -0.3 is 4.52 Å². The van der Waals surface area contributed by atoms with Gasteiger partial charge in [-0.1, -0.05) is 29.8 Å². The smallest absolute Gasteiger partial charge is 0.404 e. The van der Waals surface area contributed by atoms with Crippen LogP contribution in [0.2, 0.25) is 5.02 Å². The maximum Gasteiger partial charge on any atom is 0.530 e. The van der Waals surface area contributed by atoms with Gasteiger partial charge >= 0.3 is 7.82 Å². The van der Waals surface area contributed by atoms with Crippen LogP contribution in [0.5, 0.6) is 5.75 Å². The van der Waals surface area contributed by atoms with Crippen molar-refractivity contribution < 1.29 is 23.1 Å². The summed E-state index contributed by atoms with van der Waals surface area (Å²) in [6, 6.07) is 12.3. The first-order chi connectivity index (χ1) is 11.5. The molecule has 2 atom stereocenters. The summed E-state index contributed by atoms with van der Waals surface area (Å²) < 4.78 is 28.7. The molecule has 0 saturated carbocycles. The lowest BCUT2D eigenvalue weighted by Gasteiger charge is -2.29. The number of hydrogen-bond acceptors (Lipinski definition) is 6. The van der Waals surface area contributed by atoms with Gasteiger partial charge in [0.2, 0.25) is 0 Å². The van der Waals surface area contributed by atoms with Crippen molar-refractivity contribution in [2.24, 2.45) is 0 Å². The topological polar surface area (TPSA) is 87.9 Å². The zero-order valence-electron chi connectivity index (χ0n) is 12.3. The van der Waals surface area contributed by atoms with E-state index in [2.05, 4.69) is 0 Å². The van der Waals surface area contributed by atoms with E-state index < -0.39 is 18.8 Å². The summed E-state index contributed by atoms with van der Waals surface area (Å²) in [6.45, 7) is 0.181. The molecule has 2 aromatic rings. The molecule has 0 aromatic heterocycles. The molecule has 7 nitrogen and oxygen atoms in total. The lowest BCUT2D eigenvalue weighted by Crippen LogP contribution is -2.16. The van der Waals surface area contributed by atoms with Crippen LogP contribution in [0.1, 0.15) is 18.1 Å². The van der Waals surface area contributed by atoms with Crippen LogP contribution in [0.15, 0.2) is 48.5 Å². The number of nitro benzene ring substituents is 1. The molecule has 0 bridgehead atoms. The second-order valence-corrected chi connectivity index (χ2v) is 6.98. The fourth-order valence-electron chi connectivity index (χ4n) is 2.26. The van der Waals surface area contributed by atoms with Crippen LogP contribution in [0.3, 0.4) is 0 Å². The summed E-state index contributed by atoms with van der Waals surface area (Å²) in [4.78, 5) is 10.1. The van der Waals surface area contributed by atoms with E-state index in [0.29, 0.717) is 17.0 Å². The molecule has 0 spiro atoms. The van der Waals surface area contributed by atoms with Crippen molar-refractivity contribution in [1.29, 1.82) is 0 Å². The lowest BCUT2D eigenvalue weighted by molar-refractivity contribution is -0.384. The van der Waals surface area contributed by atoms with Gasteiger partial charge in [0.05, 0.1) is 17.6 Å². The first-order valence-corrected chi connectivity index (χ1v) is 8.92. The van der Waals surface area contributed by atoms with Crippen LogP contribution in [-0.2, 0) is 13.6 Å². The highest BCUT2D eigenvalue weighted by Gasteiger charge is 2.38. The molecule has 0 aliphatic carbocycles. The molecule has 0 unspecified atom stereocenters. The van der Waals surface area contributed by atoms with Crippen molar-refractivity contribution in [3.05, 3.63) is 69.2 Å². The Morgan fingerprint density at radius 2 is 1.92 bits per heavy atom. The van der Waals surface area contributed by atoms with Gasteiger partial charge in [-0.3, -0.25) is 19.2 Å². The minimum Gasteiger partial charge on any atom is -0.404 e. The molecule has 0 radical (unpaired) electrons. The Labute approximate surface area is 142 Å². The molecule has 24 heavy (non-hydrogen) atoms. The van der Waals surface area contributed by atoms with Crippen LogP contribution in [0.4, 0.5) is 5.69 Å². The number of phosphoric acid groups is 1. The Morgan fingerprint density at radius 3 is 2.58 bits per heavy atom. The lowest BCUT2D eigenvalue weighted by atomic mass is 10.1. The van der Waals surface area contributed by atoms with E-state index in [1.165, 1.54) is 24.3 Å². The number of non-ortho nitro benzene ring substituents is 1. The zero-order valence-corrected chi connectivity index (χ0v) is 14.0. The first kappa shape index (κ1) is 16.9. The molecule has 0 amide bonds. The fourth-order valence-corrected chi connectivity index (χ4v) is 3.92. The number of nitro groups is 1. The quantitative estimate of drug-likeness (QED) is 0.432. The SMILES string of the molecule is O=[N+]([O-])c1ccc(O[P@]2(=O)OCC[C@@H](c3ccccc3Cl)O2)cc1. The van der Waals surface area contributed by atoms with Crippen LogP contribution < -0.4 is 4.52 Å². The van der Waals surface area contributed by atoms with E-state index >= 15 is 0 Å². The highest BCUT2D eigenvalue weighted by atomic mass is 35.5. The molecule has 1 fully saturated rings. The number of rotatable bonds is 4. The predicted octanol–water partition coefficient (Wildman–Crippen LogP) is 4.91. The van der Waals surface area contributed by atoms with Crippen LogP contribution in [-0.4, -0.2) is 11.5 Å². The number of halogens is 1. The van der Waals surface area contributed by atoms with E-state index in [1.54, 1.807) is 18.2 Å². The van der Waals surface area contributed by atoms with Crippen molar-refractivity contribution in [3.8, 4) is 5.75 Å². The minimum absolute atomic E-state index is 0.0972. The molecule has 1 aliphatic rings. The molecule has 2 aromatic carbocycles. The first-order valence-electron chi connectivity index (χ1n) is 7.08. The molecule has 3 rings (SSSR count). The third-order valence-electron chi connectivity index (χ3n) is 3.40. The number of benzene rings is 2. The van der Waals surface area contributed by atoms with Gasteiger partial charge in [0.15, 0.2) is 0 Å². The summed E-state index contributed by atoms with van der Waals surface area (Å²) in [5, 5.41) is 11.2. The Morgan fingerprint density at radius 1 is 1.21 bits per heavy atom. The van der Waals surface area contributed by atoms with Crippen molar-refractivity contribution in [2.45, 2.75) is 12.5 Å². The highest BCUT2D eigenvalue weighted by molar-refractivity contribution is 7.49. The Kier molecular flexibility index (Phi) is 4.87. The van der Waals surface area contributed by atoms with Gasteiger partial charge in [0, 0.05) is 29.1 Å². The van der Waals surface area contributed by atoms with Gasteiger partial charge in [-0.2, -0.15) is 0 Å². The van der Waals surface area contributed by atoms with Gasteiger partial charge in [0.1, 0.15) is 5.75 Å². The van der Waals surface area contributed by atoms with E-state index in [4.69, 9.17) is 25.2 Å². The summed E-state index contributed by atoms with van der Waals surface area (Å²) in [5.74, 6) is 0.156. The van der Waals surface area contributed by atoms with Crippen molar-refractivity contribution >= 4 is 25.1 Å². The second kappa shape index (κ2) is 6.91. The molecule has 126 valence electrons. The van der Waals surface area contributed by atoms with E-state index in [9.17, 15) is 14.7 Å². The third-order valence-corrected chi connectivity index (χ3v) is 5.19. The molecular formula is C15H13ClNO6P. The van der Waals surface area contributed by atoms with Crippen molar-refractivity contribution in [2.75, 3.05) is 6.61 Å². The van der Waals surface area contributed by atoms with E-state index in [-0.39, 0.29) is 18.0 Å². The molecule has 1 heterocycles. The summed E-state index contributed by atoms with van der Waals surface area (Å²) >= 11 is 6.14. The summed E-state index contributed by atoms with van der Waals surface area (Å²) in [6.07, 6.45) is -0.0338. The normalized spacial score (nSPS) is 23.6. The molecule has 0 N–H and O–H groups in total.